The minimum atomic E-state index is 0.638. The van der Waals surface area contributed by atoms with Crippen LogP contribution in [0.4, 0.5) is 0 Å². The van der Waals surface area contributed by atoms with Gasteiger partial charge in [0.25, 0.3) is 0 Å². The third-order valence-electron chi connectivity index (χ3n) is 14.4. The lowest BCUT2D eigenvalue weighted by Gasteiger charge is -2.13. The fourth-order valence-electron chi connectivity index (χ4n) is 11.4. The van der Waals surface area contributed by atoms with Gasteiger partial charge in [-0.25, -0.2) is 9.97 Å². The molecular formula is C64H39N5. The molecule has 320 valence electrons. The Kier molecular flexibility index (Phi) is 8.00. The van der Waals surface area contributed by atoms with Crippen molar-refractivity contribution in [2.45, 2.75) is 0 Å². The van der Waals surface area contributed by atoms with Crippen LogP contribution in [0, 0.1) is 0 Å². The van der Waals surface area contributed by atoms with Crippen molar-refractivity contribution in [2.75, 3.05) is 0 Å². The molecule has 15 aromatic rings. The third kappa shape index (κ3) is 5.59. The standard InChI is InChI=1S/C64H39N5/c1-2-16-45(17-3-1)67-55-24-12-10-21-50(55)53-38-43(31-35-57(53)67)44-28-34-51-49-20-9-13-25-56(49)69(60(51)39-44)64-65-54-23-11-8-22-52(54)63(66-64)42-26-32-46(33-27-42)68-58-36-29-40-14-4-6-18-47(40)61(58)62-48-19-7-5-15-41(48)30-37-59(62)68/h1-39H. The number of benzene rings is 11. The average molecular weight is 878 g/mol. The van der Waals surface area contributed by atoms with Crippen LogP contribution in [-0.2, 0) is 0 Å². The highest BCUT2D eigenvalue weighted by Crippen LogP contribution is 2.42. The van der Waals surface area contributed by atoms with Crippen LogP contribution in [0.1, 0.15) is 0 Å². The Morgan fingerprint density at radius 2 is 0.739 bits per heavy atom. The van der Waals surface area contributed by atoms with Crippen LogP contribution in [0.25, 0.3) is 138 Å². The lowest BCUT2D eigenvalue weighted by molar-refractivity contribution is 1.01. The molecule has 0 aliphatic rings. The summed E-state index contributed by atoms with van der Waals surface area (Å²) < 4.78 is 7.04. The van der Waals surface area contributed by atoms with Gasteiger partial charge in [-0.1, -0.05) is 164 Å². The van der Waals surface area contributed by atoms with Gasteiger partial charge in [-0.05, 0) is 105 Å². The zero-order chi connectivity index (χ0) is 45.2. The summed E-state index contributed by atoms with van der Waals surface area (Å²) in [5, 5.41) is 13.3. The van der Waals surface area contributed by atoms with Crippen molar-refractivity contribution in [3.8, 4) is 39.7 Å². The van der Waals surface area contributed by atoms with Crippen LogP contribution < -0.4 is 0 Å². The average Bonchev–Trinajstić information content (AvgIpc) is 4.06. The molecule has 0 unspecified atom stereocenters. The fraction of sp³-hybridized carbons (Fsp3) is 0. The normalized spacial score (nSPS) is 12.1. The molecular weight excluding hydrogens is 839 g/mol. The van der Waals surface area contributed by atoms with E-state index in [0.29, 0.717) is 5.95 Å². The van der Waals surface area contributed by atoms with Crippen LogP contribution in [0.2, 0.25) is 0 Å². The van der Waals surface area contributed by atoms with Gasteiger partial charge in [-0.15, -0.1) is 0 Å². The van der Waals surface area contributed by atoms with Crippen LogP contribution in [0.5, 0.6) is 0 Å². The second-order valence-electron chi connectivity index (χ2n) is 18.1. The summed E-state index contributed by atoms with van der Waals surface area (Å²) in [5.74, 6) is 0.638. The molecule has 0 spiro atoms. The van der Waals surface area contributed by atoms with E-state index in [1.165, 1.54) is 65.2 Å². The zero-order valence-electron chi connectivity index (χ0n) is 37.3. The Balaban J connectivity index is 0.898. The van der Waals surface area contributed by atoms with E-state index in [9.17, 15) is 0 Å². The Morgan fingerprint density at radius 1 is 0.261 bits per heavy atom. The van der Waals surface area contributed by atoms with E-state index in [-0.39, 0.29) is 0 Å². The molecule has 0 saturated carbocycles. The summed E-state index contributed by atoms with van der Waals surface area (Å²) >= 11 is 0. The van der Waals surface area contributed by atoms with Crippen molar-refractivity contribution in [1.29, 1.82) is 0 Å². The molecule has 15 rings (SSSR count). The monoisotopic (exact) mass is 877 g/mol. The largest absolute Gasteiger partial charge is 0.309 e. The van der Waals surface area contributed by atoms with Gasteiger partial charge in [0.2, 0.25) is 5.95 Å². The Bertz CT molecular complexity index is 4500. The number of aromatic nitrogens is 5. The molecule has 0 amide bonds. The minimum absolute atomic E-state index is 0.638. The summed E-state index contributed by atoms with van der Waals surface area (Å²) in [7, 11) is 0. The van der Waals surface area contributed by atoms with Crippen molar-refractivity contribution in [3.05, 3.63) is 237 Å². The lowest BCUT2D eigenvalue weighted by Crippen LogP contribution is -2.03. The highest BCUT2D eigenvalue weighted by Gasteiger charge is 2.21. The maximum Gasteiger partial charge on any atom is 0.235 e. The van der Waals surface area contributed by atoms with E-state index in [0.717, 1.165) is 66.5 Å². The molecule has 4 aromatic heterocycles. The summed E-state index contributed by atoms with van der Waals surface area (Å²) in [6, 6.07) is 85.6. The summed E-state index contributed by atoms with van der Waals surface area (Å²) in [6.45, 7) is 0. The van der Waals surface area contributed by atoms with E-state index in [4.69, 9.17) is 9.97 Å². The maximum atomic E-state index is 5.53. The van der Waals surface area contributed by atoms with Crippen molar-refractivity contribution < 1.29 is 0 Å². The molecule has 0 atom stereocenters. The van der Waals surface area contributed by atoms with Crippen LogP contribution >= 0.6 is 0 Å². The van der Waals surface area contributed by atoms with Gasteiger partial charge in [-0.3, -0.25) is 4.57 Å². The van der Waals surface area contributed by atoms with Gasteiger partial charge < -0.3 is 9.13 Å². The Hall–Kier alpha value is -9.32. The van der Waals surface area contributed by atoms with E-state index in [2.05, 4.69) is 250 Å². The van der Waals surface area contributed by atoms with Crippen molar-refractivity contribution in [1.82, 2.24) is 23.7 Å². The second kappa shape index (κ2) is 14.6. The first-order valence-electron chi connectivity index (χ1n) is 23.6. The summed E-state index contributed by atoms with van der Waals surface area (Å²) in [6.07, 6.45) is 0. The molecule has 5 heteroatoms. The molecule has 0 saturated heterocycles. The molecule has 0 bridgehead atoms. The van der Waals surface area contributed by atoms with Gasteiger partial charge in [-0.2, -0.15) is 0 Å². The predicted molar refractivity (Wildman–Crippen MR) is 288 cm³/mol. The minimum Gasteiger partial charge on any atom is -0.309 e. The fourth-order valence-corrected chi connectivity index (χ4v) is 11.4. The number of hydrogen-bond acceptors (Lipinski definition) is 2. The Morgan fingerprint density at radius 3 is 1.45 bits per heavy atom. The molecule has 4 heterocycles. The number of rotatable bonds is 5. The summed E-state index contributed by atoms with van der Waals surface area (Å²) in [5.41, 5.74) is 14.2. The maximum absolute atomic E-state index is 5.53. The molecule has 0 aliphatic heterocycles. The molecule has 0 N–H and O–H groups in total. The van der Waals surface area contributed by atoms with E-state index in [1.54, 1.807) is 0 Å². The quantitative estimate of drug-likeness (QED) is 0.173. The smallest absolute Gasteiger partial charge is 0.235 e. The first-order valence-corrected chi connectivity index (χ1v) is 23.6. The third-order valence-corrected chi connectivity index (χ3v) is 14.4. The summed E-state index contributed by atoms with van der Waals surface area (Å²) in [4.78, 5) is 10.9. The molecule has 0 fully saturated rings. The second-order valence-corrected chi connectivity index (χ2v) is 18.1. The lowest BCUT2D eigenvalue weighted by atomic mass is 10.00. The van der Waals surface area contributed by atoms with E-state index in [1.807, 2.05) is 0 Å². The molecule has 11 aromatic carbocycles. The van der Waals surface area contributed by atoms with Crippen LogP contribution in [0.15, 0.2) is 237 Å². The van der Waals surface area contributed by atoms with Crippen molar-refractivity contribution in [3.63, 3.8) is 0 Å². The van der Waals surface area contributed by atoms with Gasteiger partial charge in [0.15, 0.2) is 0 Å². The number of nitrogens with zero attached hydrogens (tertiary/aromatic N) is 5. The number of para-hydroxylation sites is 4. The molecule has 69 heavy (non-hydrogen) atoms. The van der Waals surface area contributed by atoms with Gasteiger partial charge >= 0.3 is 0 Å². The van der Waals surface area contributed by atoms with Gasteiger partial charge in [0, 0.05) is 54.6 Å². The van der Waals surface area contributed by atoms with Crippen molar-refractivity contribution >= 4 is 97.9 Å². The molecule has 0 aliphatic carbocycles. The van der Waals surface area contributed by atoms with Crippen molar-refractivity contribution in [2.24, 2.45) is 0 Å². The topological polar surface area (TPSA) is 40.6 Å². The van der Waals surface area contributed by atoms with E-state index < -0.39 is 0 Å². The molecule has 5 nitrogen and oxygen atoms in total. The van der Waals surface area contributed by atoms with E-state index >= 15 is 0 Å². The first-order chi connectivity index (χ1) is 34.2. The number of fused-ring (bicyclic) bond motifs is 14. The van der Waals surface area contributed by atoms with Gasteiger partial charge in [0.1, 0.15) is 0 Å². The zero-order valence-corrected chi connectivity index (χ0v) is 37.3. The number of hydrogen-bond donors (Lipinski definition) is 0. The van der Waals surface area contributed by atoms with Gasteiger partial charge in [0.05, 0.1) is 44.3 Å². The SMILES string of the molecule is c1ccc(-n2c3ccccc3c3cc(-c4ccc5c6ccccc6n(-c6nc(-c7ccc(-n8c9ccc%10ccccc%10c9c9c%10ccccc%10ccc98)cc7)c7ccccc7n6)c5c4)ccc32)cc1. The first kappa shape index (κ1) is 37.9. The Labute approximate surface area is 396 Å². The highest BCUT2D eigenvalue weighted by molar-refractivity contribution is 6.28. The molecule has 0 radical (unpaired) electrons. The predicted octanol–water partition coefficient (Wildman–Crippen LogP) is 16.6. The van der Waals surface area contributed by atoms with Crippen LogP contribution in [0.3, 0.4) is 0 Å². The highest BCUT2D eigenvalue weighted by atomic mass is 15.2. The van der Waals surface area contributed by atoms with Crippen LogP contribution in [-0.4, -0.2) is 23.7 Å².